The molecular weight excluding hydrogens is 331 g/mol. The van der Waals surface area contributed by atoms with Crippen LogP contribution in [0.15, 0.2) is 21.1 Å². The predicted molar refractivity (Wildman–Crippen MR) is 62.2 cm³/mol. The van der Waals surface area contributed by atoms with E-state index < -0.39 is 5.92 Å². The summed E-state index contributed by atoms with van der Waals surface area (Å²) in [7, 11) is 1.32. The van der Waals surface area contributed by atoms with Crippen molar-refractivity contribution in [3.05, 3.63) is 32.5 Å². The van der Waals surface area contributed by atoms with Crippen molar-refractivity contribution in [1.82, 2.24) is 0 Å². The minimum Gasteiger partial charge on any atom is -0.469 e. The molecule has 0 amide bonds. The Morgan fingerprint density at radius 1 is 1.40 bits per heavy atom. The molecule has 0 saturated heterocycles. The molecule has 0 aliphatic rings. The fourth-order valence-electron chi connectivity index (χ4n) is 1.26. The molecule has 1 aromatic carbocycles. The molecule has 0 N–H and O–H groups in total. The molecule has 1 unspecified atom stereocenters. The second-order valence-corrected chi connectivity index (χ2v) is 4.74. The lowest BCUT2D eigenvalue weighted by molar-refractivity contribution is -0.142. The SMILES string of the molecule is COC(=O)C(C)c1c(Br)cc(F)cc1Br. The van der Waals surface area contributed by atoms with Crippen LogP contribution in [-0.2, 0) is 9.53 Å². The molecule has 0 aliphatic heterocycles. The van der Waals surface area contributed by atoms with Gasteiger partial charge in [0.25, 0.3) is 0 Å². The van der Waals surface area contributed by atoms with E-state index in [1.54, 1.807) is 6.92 Å². The molecule has 82 valence electrons. The predicted octanol–water partition coefficient (Wildman–Crippen LogP) is 3.63. The van der Waals surface area contributed by atoms with Crippen LogP contribution in [-0.4, -0.2) is 13.1 Å². The van der Waals surface area contributed by atoms with E-state index in [4.69, 9.17) is 0 Å². The molecular formula is C10H9Br2FO2. The van der Waals surface area contributed by atoms with E-state index in [2.05, 4.69) is 36.6 Å². The average molecular weight is 340 g/mol. The highest BCUT2D eigenvalue weighted by molar-refractivity contribution is 9.11. The molecule has 5 heteroatoms. The highest BCUT2D eigenvalue weighted by Gasteiger charge is 2.21. The highest BCUT2D eigenvalue weighted by atomic mass is 79.9. The second kappa shape index (κ2) is 5.07. The van der Waals surface area contributed by atoms with Crippen molar-refractivity contribution in [1.29, 1.82) is 0 Å². The summed E-state index contributed by atoms with van der Waals surface area (Å²) < 4.78 is 18.7. The molecule has 1 aromatic rings. The van der Waals surface area contributed by atoms with Gasteiger partial charge in [0.2, 0.25) is 0 Å². The molecule has 0 heterocycles. The maximum atomic E-state index is 13.0. The summed E-state index contributed by atoms with van der Waals surface area (Å²) in [6.07, 6.45) is 0. The van der Waals surface area contributed by atoms with Crippen LogP contribution < -0.4 is 0 Å². The van der Waals surface area contributed by atoms with Gasteiger partial charge < -0.3 is 4.74 Å². The van der Waals surface area contributed by atoms with Crippen LogP contribution in [0.4, 0.5) is 4.39 Å². The lowest BCUT2D eigenvalue weighted by atomic mass is 10.0. The summed E-state index contributed by atoms with van der Waals surface area (Å²) in [5, 5.41) is 0. The number of hydrogen-bond acceptors (Lipinski definition) is 2. The Hall–Kier alpha value is -0.420. The summed E-state index contributed by atoms with van der Waals surface area (Å²) in [5.41, 5.74) is 0.684. The number of carbonyl (C=O) groups excluding carboxylic acids is 1. The number of methoxy groups -OCH3 is 1. The topological polar surface area (TPSA) is 26.3 Å². The largest absolute Gasteiger partial charge is 0.469 e. The van der Waals surface area contributed by atoms with Gasteiger partial charge in [-0.1, -0.05) is 31.9 Å². The number of benzene rings is 1. The molecule has 1 rings (SSSR count). The summed E-state index contributed by atoms with van der Waals surface area (Å²) >= 11 is 6.44. The van der Waals surface area contributed by atoms with Gasteiger partial charge in [0.05, 0.1) is 13.0 Å². The molecule has 0 fully saturated rings. The number of esters is 1. The standard InChI is InChI=1S/C10H9Br2FO2/c1-5(10(14)15-2)9-7(11)3-6(13)4-8(9)12/h3-5H,1-2H3. The third kappa shape index (κ3) is 2.78. The van der Waals surface area contributed by atoms with Crippen molar-refractivity contribution in [2.45, 2.75) is 12.8 Å². The van der Waals surface area contributed by atoms with E-state index in [-0.39, 0.29) is 11.8 Å². The van der Waals surface area contributed by atoms with Gasteiger partial charge in [0.1, 0.15) is 5.82 Å². The van der Waals surface area contributed by atoms with Crippen LogP contribution in [0.2, 0.25) is 0 Å². The van der Waals surface area contributed by atoms with E-state index in [0.29, 0.717) is 14.5 Å². The maximum absolute atomic E-state index is 13.0. The lowest BCUT2D eigenvalue weighted by Gasteiger charge is -2.13. The van der Waals surface area contributed by atoms with Crippen LogP contribution >= 0.6 is 31.9 Å². The Morgan fingerprint density at radius 2 is 1.87 bits per heavy atom. The molecule has 15 heavy (non-hydrogen) atoms. The Balaban J connectivity index is 3.19. The fraction of sp³-hybridized carbons (Fsp3) is 0.300. The van der Waals surface area contributed by atoms with Gasteiger partial charge in [0, 0.05) is 8.95 Å². The molecule has 0 aromatic heterocycles. The van der Waals surface area contributed by atoms with E-state index in [1.807, 2.05) is 0 Å². The minimum atomic E-state index is -0.445. The minimum absolute atomic E-state index is 0.358. The van der Waals surface area contributed by atoms with E-state index in [0.717, 1.165) is 0 Å². The molecule has 0 aliphatic carbocycles. The van der Waals surface area contributed by atoms with Gasteiger partial charge in [-0.15, -0.1) is 0 Å². The first-order chi connectivity index (χ1) is 6.97. The first-order valence-electron chi connectivity index (χ1n) is 4.19. The number of halogens is 3. The van der Waals surface area contributed by atoms with Crippen molar-refractivity contribution in [3.63, 3.8) is 0 Å². The van der Waals surface area contributed by atoms with E-state index >= 15 is 0 Å². The smallest absolute Gasteiger partial charge is 0.312 e. The van der Waals surface area contributed by atoms with Crippen LogP contribution in [0.3, 0.4) is 0 Å². The summed E-state index contributed by atoms with van der Waals surface area (Å²) in [4.78, 5) is 11.3. The molecule has 0 bridgehead atoms. The second-order valence-electron chi connectivity index (χ2n) is 3.03. The quantitative estimate of drug-likeness (QED) is 0.769. The number of hydrogen-bond donors (Lipinski definition) is 0. The zero-order valence-corrected chi connectivity index (χ0v) is 11.4. The van der Waals surface area contributed by atoms with Gasteiger partial charge in [-0.2, -0.15) is 0 Å². The maximum Gasteiger partial charge on any atom is 0.312 e. The number of carbonyl (C=O) groups is 1. The summed E-state index contributed by atoms with van der Waals surface area (Å²) in [6, 6.07) is 2.64. The molecule has 0 spiro atoms. The normalized spacial score (nSPS) is 12.3. The number of ether oxygens (including phenoxy) is 1. The van der Waals surface area contributed by atoms with E-state index in [9.17, 15) is 9.18 Å². The van der Waals surface area contributed by atoms with Gasteiger partial charge in [-0.3, -0.25) is 4.79 Å². The van der Waals surface area contributed by atoms with Crippen LogP contribution in [0.25, 0.3) is 0 Å². The first kappa shape index (κ1) is 12.6. The van der Waals surface area contributed by atoms with Gasteiger partial charge in [0.15, 0.2) is 0 Å². The van der Waals surface area contributed by atoms with Crippen molar-refractivity contribution < 1.29 is 13.9 Å². The first-order valence-corrected chi connectivity index (χ1v) is 5.78. The average Bonchev–Trinajstić information content (AvgIpc) is 2.14. The van der Waals surface area contributed by atoms with E-state index in [1.165, 1.54) is 19.2 Å². The Morgan fingerprint density at radius 3 is 2.27 bits per heavy atom. The van der Waals surface area contributed by atoms with Gasteiger partial charge in [-0.05, 0) is 24.6 Å². The van der Waals surface area contributed by atoms with Crippen molar-refractivity contribution in [2.75, 3.05) is 7.11 Å². The summed E-state index contributed by atoms with van der Waals surface area (Å²) in [5.74, 6) is -1.17. The molecule has 0 radical (unpaired) electrons. The summed E-state index contributed by atoms with van der Waals surface area (Å²) in [6.45, 7) is 1.70. The highest BCUT2D eigenvalue weighted by Crippen LogP contribution is 2.33. The van der Waals surface area contributed by atoms with Crippen LogP contribution in [0, 0.1) is 5.82 Å². The zero-order valence-electron chi connectivity index (χ0n) is 8.18. The van der Waals surface area contributed by atoms with Crippen molar-refractivity contribution >= 4 is 37.8 Å². The van der Waals surface area contributed by atoms with Gasteiger partial charge in [-0.25, -0.2) is 4.39 Å². The lowest BCUT2D eigenvalue weighted by Crippen LogP contribution is -2.12. The third-order valence-corrected chi connectivity index (χ3v) is 3.34. The Bertz CT molecular complexity index is 370. The fourth-order valence-corrected chi connectivity index (χ4v) is 3.08. The zero-order chi connectivity index (χ0) is 11.6. The van der Waals surface area contributed by atoms with Crippen molar-refractivity contribution in [2.24, 2.45) is 0 Å². The number of rotatable bonds is 2. The Labute approximate surface area is 104 Å². The van der Waals surface area contributed by atoms with Gasteiger partial charge >= 0.3 is 5.97 Å². The molecule has 1 atom stereocenters. The van der Waals surface area contributed by atoms with Crippen LogP contribution in [0.5, 0.6) is 0 Å². The molecule has 0 saturated carbocycles. The van der Waals surface area contributed by atoms with Crippen molar-refractivity contribution in [3.8, 4) is 0 Å². The third-order valence-electron chi connectivity index (χ3n) is 2.03. The van der Waals surface area contributed by atoms with Crippen LogP contribution in [0.1, 0.15) is 18.4 Å². The monoisotopic (exact) mass is 338 g/mol. The Kier molecular flexibility index (Phi) is 4.28. The molecule has 2 nitrogen and oxygen atoms in total.